The van der Waals surface area contributed by atoms with Gasteiger partial charge in [-0.2, -0.15) is 5.10 Å². The van der Waals surface area contributed by atoms with Crippen LogP contribution in [0.5, 0.6) is 0 Å². The second-order valence-corrected chi connectivity index (χ2v) is 7.14. The second kappa shape index (κ2) is 8.41. The molecule has 29 heavy (non-hydrogen) atoms. The number of nitrogens with one attached hydrogen (secondary N) is 1. The quantitative estimate of drug-likeness (QED) is 0.486. The number of fused-ring (bicyclic) bond motifs is 1. The number of pyridine rings is 2. The van der Waals surface area contributed by atoms with Crippen LogP contribution in [0.15, 0.2) is 60.9 Å². The maximum atomic E-state index is 12.9. The number of aryl methyl sites for hydroxylation is 2. The van der Waals surface area contributed by atoms with E-state index < -0.39 is 0 Å². The number of para-hydroxylation sites is 1. The van der Waals surface area contributed by atoms with Crippen LogP contribution in [0, 0.1) is 6.92 Å². The van der Waals surface area contributed by atoms with Crippen molar-refractivity contribution in [1.29, 1.82) is 0 Å². The summed E-state index contributed by atoms with van der Waals surface area (Å²) in [5, 5.41) is 8.57. The highest BCUT2D eigenvalue weighted by Crippen LogP contribution is 2.28. The van der Waals surface area contributed by atoms with E-state index in [1.807, 2.05) is 54.2 Å². The van der Waals surface area contributed by atoms with Crippen LogP contribution in [0.3, 0.4) is 0 Å². The molecule has 4 rings (SSSR count). The average molecular weight is 406 g/mol. The van der Waals surface area contributed by atoms with Crippen molar-refractivity contribution in [2.75, 3.05) is 6.54 Å². The maximum absolute atomic E-state index is 12.9. The number of halogens is 1. The van der Waals surface area contributed by atoms with E-state index >= 15 is 0 Å². The van der Waals surface area contributed by atoms with Gasteiger partial charge >= 0.3 is 0 Å². The van der Waals surface area contributed by atoms with Crippen LogP contribution >= 0.6 is 11.6 Å². The molecule has 3 aromatic heterocycles. The summed E-state index contributed by atoms with van der Waals surface area (Å²) in [5.74, 6) is -0.159. The molecular weight excluding hydrogens is 386 g/mol. The van der Waals surface area contributed by atoms with Crippen molar-refractivity contribution in [3.8, 4) is 11.4 Å². The van der Waals surface area contributed by atoms with Gasteiger partial charge in [0.1, 0.15) is 0 Å². The Kier molecular flexibility index (Phi) is 5.53. The van der Waals surface area contributed by atoms with Gasteiger partial charge in [0.05, 0.1) is 33.2 Å². The third kappa shape index (κ3) is 4.27. The summed E-state index contributed by atoms with van der Waals surface area (Å²) < 4.78 is 1.88. The Morgan fingerprint density at radius 3 is 2.79 bits per heavy atom. The van der Waals surface area contributed by atoms with Crippen molar-refractivity contribution in [2.24, 2.45) is 0 Å². The minimum Gasteiger partial charge on any atom is -0.352 e. The summed E-state index contributed by atoms with van der Waals surface area (Å²) in [6.45, 7) is 3.24. The maximum Gasteiger partial charge on any atom is 0.252 e. The standard InChI is InChI=1S/C22H20ClN5O/c1-15-9-13-28(27-15)12-5-11-25-22(29)17-14-20(19-8-2-3-10-24-19)26-21-16(17)6-4-7-18(21)23/h2-4,6-10,13-14H,5,11-12H2,1H3,(H,25,29). The minimum absolute atomic E-state index is 0.159. The molecule has 0 saturated heterocycles. The van der Waals surface area contributed by atoms with Crippen LogP contribution in [0.2, 0.25) is 5.02 Å². The van der Waals surface area contributed by atoms with E-state index in [0.717, 1.165) is 24.0 Å². The van der Waals surface area contributed by atoms with E-state index in [1.165, 1.54) is 0 Å². The molecule has 146 valence electrons. The Morgan fingerprint density at radius 1 is 1.14 bits per heavy atom. The van der Waals surface area contributed by atoms with E-state index in [-0.39, 0.29) is 5.91 Å². The van der Waals surface area contributed by atoms with Gasteiger partial charge in [-0.05, 0) is 43.7 Å². The molecule has 0 radical (unpaired) electrons. The first-order valence-corrected chi connectivity index (χ1v) is 9.78. The van der Waals surface area contributed by atoms with E-state index in [9.17, 15) is 4.79 Å². The first kappa shape index (κ1) is 19.1. The van der Waals surface area contributed by atoms with Crippen molar-refractivity contribution in [3.05, 3.63) is 77.2 Å². The number of hydrogen-bond acceptors (Lipinski definition) is 4. The lowest BCUT2D eigenvalue weighted by molar-refractivity contribution is 0.0954. The normalized spacial score (nSPS) is 11.0. The molecule has 0 spiro atoms. The number of aromatic nitrogens is 4. The second-order valence-electron chi connectivity index (χ2n) is 6.74. The molecule has 0 unspecified atom stereocenters. The van der Waals surface area contributed by atoms with Gasteiger partial charge in [-0.3, -0.25) is 14.5 Å². The lowest BCUT2D eigenvalue weighted by Gasteiger charge is -2.11. The first-order valence-electron chi connectivity index (χ1n) is 9.41. The molecule has 0 saturated carbocycles. The Bertz CT molecular complexity index is 1160. The molecule has 0 aliphatic rings. The smallest absolute Gasteiger partial charge is 0.252 e. The zero-order chi connectivity index (χ0) is 20.2. The fourth-order valence-corrected chi connectivity index (χ4v) is 3.39. The highest BCUT2D eigenvalue weighted by atomic mass is 35.5. The lowest BCUT2D eigenvalue weighted by Crippen LogP contribution is -2.25. The van der Waals surface area contributed by atoms with Crippen molar-refractivity contribution in [3.63, 3.8) is 0 Å². The number of nitrogens with zero attached hydrogens (tertiary/aromatic N) is 4. The van der Waals surface area contributed by atoms with Gasteiger partial charge in [-0.25, -0.2) is 4.98 Å². The van der Waals surface area contributed by atoms with Gasteiger partial charge in [0.25, 0.3) is 5.91 Å². The number of rotatable bonds is 6. The SMILES string of the molecule is Cc1ccn(CCCNC(=O)c2cc(-c3ccccn3)nc3c(Cl)cccc23)n1. The van der Waals surface area contributed by atoms with E-state index in [0.29, 0.717) is 34.0 Å². The summed E-state index contributed by atoms with van der Waals surface area (Å²) in [6, 6.07) is 14.8. The topological polar surface area (TPSA) is 72.7 Å². The highest BCUT2D eigenvalue weighted by Gasteiger charge is 2.15. The molecule has 0 aliphatic heterocycles. The fourth-order valence-electron chi connectivity index (χ4n) is 3.17. The molecule has 0 atom stereocenters. The lowest BCUT2D eigenvalue weighted by atomic mass is 10.1. The molecular formula is C22H20ClN5O. The van der Waals surface area contributed by atoms with Crippen molar-refractivity contribution in [1.82, 2.24) is 25.1 Å². The van der Waals surface area contributed by atoms with Gasteiger partial charge in [-0.1, -0.05) is 29.8 Å². The number of carbonyl (C=O) groups excluding carboxylic acids is 1. The summed E-state index contributed by atoms with van der Waals surface area (Å²) in [7, 11) is 0. The molecule has 1 amide bonds. The van der Waals surface area contributed by atoms with Crippen LogP contribution in [0.1, 0.15) is 22.5 Å². The molecule has 3 heterocycles. The zero-order valence-electron chi connectivity index (χ0n) is 16.0. The number of amides is 1. The van der Waals surface area contributed by atoms with Gasteiger partial charge in [0, 0.05) is 30.9 Å². The predicted octanol–water partition coefficient (Wildman–Crippen LogP) is 4.28. The third-order valence-corrected chi connectivity index (χ3v) is 4.89. The monoisotopic (exact) mass is 405 g/mol. The average Bonchev–Trinajstić information content (AvgIpc) is 3.16. The summed E-state index contributed by atoms with van der Waals surface area (Å²) >= 11 is 6.37. The van der Waals surface area contributed by atoms with E-state index in [4.69, 9.17) is 11.6 Å². The van der Waals surface area contributed by atoms with Crippen molar-refractivity contribution in [2.45, 2.75) is 19.9 Å². The molecule has 0 bridgehead atoms. The number of carbonyl (C=O) groups is 1. The summed E-state index contributed by atoms with van der Waals surface area (Å²) in [6.07, 6.45) is 4.42. The van der Waals surface area contributed by atoms with Crippen LogP contribution in [-0.2, 0) is 6.54 Å². The van der Waals surface area contributed by atoms with Gasteiger partial charge in [-0.15, -0.1) is 0 Å². The molecule has 1 aromatic carbocycles. The van der Waals surface area contributed by atoms with Gasteiger partial charge in [0.2, 0.25) is 0 Å². The predicted molar refractivity (Wildman–Crippen MR) is 114 cm³/mol. The first-order chi connectivity index (χ1) is 14.1. The molecule has 1 N–H and O–H groups in total. The molecule has 6 nitrogen and oxygen atoms in total. The number of hydrogen-bond donors (Lipinski definition) is 1. The van der Waals surface area contributed by atoms with Crippen LogP contribution in [-0.4, -0.2) is 32.2 Å². The third-order valence-electron chi connectivity index (χ3n) is 4.59. The molecule has 7 heteroatoms. The largest absolute Gasteiger partial charge is 0.352 e. The van der Waals surface area contributed by atoms with Crippen molar-refractivity contribution >= 4 is 28.4 Å². The minimum atomic E-state index is -0.159. The van der Waals surface area contributed by atoms with Crippen LogP contribution in [0.25, 0.3) is 22.3 Å². The van der Waals surface area contributed by atoms with E-state index in [2.05, 4.69) is 20.4 Å². The Hall–Kier alpha value is -3.25. The fraction of sp³-hybridized carbons (Fsp3) is 0.182. The van der Waals surface area contributed by atoms with Crippen molar-refractivity contribution < 1.29 is 4.79 Å². The molecule has 0 fully saturated rings. The van der Waals surface area contributed by atoms with Gasteiger partial charge in [0.15, 0.2) is 0 Å². The van der Waals surface area contributed by atoms with E-state index in [1.54, 1.807) is 18.3 Å². The zero-order valence-corrected chi connectivity index (χ0v) is 16.7. The Labute approximate surface area is 173 Å². The molecule has 4 aromatic rings. The van der Waals surface area contributed by atoms with Gasteiger partial charge < -0.3 is 5.32 Å². The summed E-state index contributed by atoms with van der Waals surface area (Å²) in [4.78, 5) is 21.9. The Balaban J connectivity index is 1.58. The Morgan fingerprint density at radius 2 is 2.03 bits per heavy atom. The van der Waals surface area contributed by atoms with Crippen LogP contribution < -0.4 is 5.32 Å². The number of benzene rings is 1. The molecule has 0 aliphatic carbocycles. The highest BCUT2D eigenvalue weighted by molar-refractivity contribution is 6.35. The summed E-state index contributed by atoms with van der Waals surface area (Å²) in [5.41, 5.74) is 3.42. The van der Waals surface area contributed by atoms with Crippen LogP contribution in [0.4, 0.5) is 0 Å².